The van der Waals surface area contributed by atoms with Crippen LogP contribution >= 0.6 is 0 Å². The maximum atomic E-state index is 11.6. The van der Waals surface area contributed by atoms with Gasteiger partial charge in [-0.15, -0.1) is 0 Å². The third kappa shape index (κ3) is 5.65. The number of nitrogens with one attached hydrogen (secondary N) is 2. The van der Waals surface area contributed by atoms with Gasteiger partial charge in [-0.2, -0.15) is 0 Å². The van der Waals surface area contributed by atoms with E-state index in [0.29, 0.717) is 0 Å². The second kappa shape index (κ2) is 6.56. The Balaban J connectivity index is 4.28. The third-order valence-electron chi connectivity index (χ3n) is 2.21. The summed E-state index contributed by atoms with van der Waals surface area (Å²) in [6, 6.07) is -1.40. The van der Waals surface area contributed by atoms with Crippen LogP contribution in [0.3, 0.4) is 0 Å². The Morgan fingerprint density at radius 3 is 1.94 bits per heavy atom. The average Bonchev–Trinajstić information content (AvgIpc) is 2.23. The first-order valence-corrected chi connectivity index (χ1v) is 5.55. The summed E-state index contributed by atoms with van der Waals surface area (Å²) in [5.41, 5.74) is -0.568. The summed E-state index contributed by atoms with van der Waals surface area (Å²) < 4.78 is 0. The number of amides is 2. The van der Waals surface area contributed by atoms with Crippen molar-refractivity contribution in [3.8, 4) is 0 Å². The zero-order valence-electron chi connectivity index (χ0n) is 10.8. The Morgan fingerprint density at radius 2 is 1.59 bits per heavy atom. The summed E-state index contributed by atoms with van der Waals surface area (Å²) in [6.07, 6.45) is 0. The van der Waals surface area contributed by atoms with Crippen molar-refractivity contribution in [3.05, 3.63) is 0 Å². The maximum absolute atomic E-state index is 11.6. The topological polar surface area (TPSA) is 98.7 Å². The van der Waals surface area contributed by atoms with Crippen molar-refractivity contribution in [3.63, 3.8) is 0 Å². The largest absolute Gasteiger partial charge is 0.394 e. The van der Waals surface area contributed by atoms with E-state index in [-0.39, 0.29) is 19.1 Å². The van der Waals surface area contributed by atoms with E-state index in [0.717, 1.165) is 0 Å². The molecule has 4 N–H and O–H groups in total. The Bertz CT molecular complexity index is 269. The van der Waals surface area contributed by atoms with Crippen molar-refractivity contribution < 1.29 is 19.8 Å². The highest BCUT2D eigenvalue weighted by atomic mass is 16.3. The molecule has 0 aliphatic heterocycles. The van der Waals surface area contributed by atoms with E-state index in [1.165, 1.54) is 0 Å². The summed E-state index contributed by atoms with van der Waals surface area (Å²) in [4.78, 5) is 23.2. The molecule has 100 valence electrons. The molecule has 6 heteroatoms. The van der Waals surface area contributed by atoms with Gasteiger partial charge < -0.3 is 20.8 Å². The Labute approximate surface area is 101 Å². The van der Waals surface area contributed by atoms with Gasteiger partial charge in [-0.3, -0.25) is 9.59 Å². The third-order valence-corrected chi connectivity index (χ3v) is 2.21. The van der Waals surface area contributed by atoms with Crippen LogP contribution in [0, 0.1) is 5.41 Å². The van der Waals surface area contributed by atoms with Crippen molar-refractivity contribution in [1.82, 2.24) is 10.6 Å². The molecule has 0 spiro atoms. The second-order valence-electron chi connectivity index (χ2n) is 5.02. The summed E-state index contributed by atoms with van der Waals surface area (Å²) in [6.45, 7) is 6.10. The normalized spacial score (nSPS) is 13.4. The van der Waals surface area contributed by atoms with Gasteiger partial charge >= 0.3 is 0 Å². The van der Waals surface area contributed by atoms with Crippen LogP contribution < -0.4 is 10.6 Å². The van der Waals surface area contributed by atoms with Crippen LogP contribution in [-0.4, -0.2) is 47.3 Å². The maximum Gasteiger partial charge on any atom is 0.242 e. The fourth-order valence-electron chi connectivity index (χ4n) is 0.954. The van der Waals surface area contributed by atoms with Crippen molar-refractivity contribution in [2.24, 2.45) is 5.41 Å². The van der Waals surface area contributed by atoms with Crippen LogP contribution in [0.5, 0.6) is 0 Å². The Hall–Kier alpha value is -1.14. The van der Waals surface area contributed by atoms with E-state index in [9.17, 15) is 9.59 Å². The number of aliphatic hydroxyl groups is 2. The van der Waals surface area contributed by atoms with Gasteiger partial charge in [0, 0.05) is 5.41 Å². The lowest BCUT2D eigenvalue weighted by Crippen LogP contribution is -2.52. The molecule has 0 aromatic carbocycles. The van der Waals surface area contributed by atoms with E-state index >= 15 is 0 Å². The minimum absolute atomic E-state index is 0.232. The van der Waals surface area contributed by atoms with E-state index in [4.69, 9.17) is 10.2 Å². The highest BCUT2D eigenvalue weighted by Crippen LogP contribution is 2.12. The molecule has 0 aliphatic carbocycles. The molecule has 0 fully saturated rings. The molecular formula is C11H22N2O4. The molecule has 2 amide bonds. The van der Waals surface area contributed by atoms with E-state index in [1.807, 2.05) is 0 Å². The lowest BCUT2D eigenvalue weighted by atomic mass is 9.95. The molecule has 0 aliphatic rings. The predicted molar refractivity (Wildman–Crippen MR) is 63.2 cm³/mol. The molecule has 1 atom stereocenters. The Morgan fingerprint density at radius 1 is 1.12 bits per heavy atom. The fraction of sp³-hybridized carbons (Fsp3) is 0.818. The molecule has 1 unspecified atom stereocenters. The van der Waals surface area contributed by atoms with E-state index < -0.39 is 23.4 Å². The number of hydrogen-bond donors (Lipinski definition) is 4. The van der Waals surface area contributed by atoms with Crippen molar-refractivity contribution in [2.75, 3.05) is 13.2 Å². The number of rotatable bonds is 5. The average molecular weight is 246 g/mol. The highest BCUT2D eigenvalue weighted by Gasteiger charge is 2.25. The molecule has 0 bridgehead atoms. The van der Waals surface area contributed by atoms with Crippen molar-refractivity contribution in [2.45, 2.75) is 39.8 Å². The molecule has 0 heterocycles. The number of carbonyl (C=O) groups is 2. The standard InChI is InChI=1S/C11H22N2O4/c1-7(12-10(17)11(2,3)4)9(16)13-8(5-14)6-15/h7-8,14-15H,5-6H2,1-4H3,(H,12,17)(H,13,16). The van der Waals surface area contributed by atoms with Crippen LogP contribution in [0.15, 0.2) is 0 Å². The first-order valence-electron chi connectivity index (χ1n) is 5.55. The summed E-state index contributed by atoms with van der Waals surface area (Å²) in [7, 11) is 0. The van der Waals surface area contributed by atoms with Gasteiger partial charge in [0.1, 0.15) is 6.04 Å². The monoisotopic (exact) mass is 246 g/mol. The van der Waals surface area contributed by atoms with Crippen LogP contribution in [0.25, 0.3) is 0 Å². The van der Waals surface area contributed by atoms with Crippen LogP contribution in [0.2, 0.25) is 0 Å². The van der Waals surface area contributed by atoms with E-state index in [1.54, 1.807) is 27.7 Å². The van der Waals surface area contributed by atoms with Crippen molar-refractivity contribution in [1.29, 1.82) is 0 Å². The van der Waals surface area contributed by atoms with Gasteiger partial charge in [-0.1, -0.05) is 20.8 Å². The molecule has 0 saturated carbocycles. The Kier molecular flexibility index (Phi) is 6.12. The van der Waals surface area contributed by atoms with Crippen LogP contribution in [0.1, 0.15) is 27.7 Å². The van der Waals surface area contributed by atoms with Gasteiger partial charge in [-0.25, -0.2) is 0 Å². The summed E-state index contributed by atoms with van der Waals surface area (Å²) in [5.74, 6) is -0.666. The lowest BCUT2D eigenvalue weighted by molar-refractivity contribution is -0.133. The molecule has 0 aromatic rings. The molecule has 0 aromatic heterocycles. The summed E-state index contributed by atoms with van der Waals surface area (Å²) >= 11 is 0. The van der Waals surface area contributed by atoms with Gasteiger partial charge in [0.25, 0.3) is 0 Å². The molecule has 17 heavy (non-hydrogen) atoms. The van der Waals surface area contributed by atoms with Gasteiger partial charge in [0.15, 0.2) is 0 Å². The first kappa shape index (κ1) is 15.9. The summed E-state index contributed by atoms with van der Waals surface area (Å²) in [5, 5.41) is 22.6. The number of hydrogen-bond acceptors (Lipinski definition) is 4. The molecular weight excluding hydrogens is 224 g/mol. The first-order chi connectivity index (χ1) is 7.72. The minimum atomic E-state index is -0.706. The zero-order chi connectivity index (χ0) is 13.6. The SMILES string of the molecule is CC(NC(=O)C(C)(C)C)C(=O)NC(CO)CO. The molecule has 0 radical (unpaired) electrons. The van der Waals surface area contributed by atoms with Gasteiger partial charge in [0.05, 0.1) is 19.3 Å². The molecule has 0 saturated heterocycles. The highest BCUT2D eigenvalue weighted by molar-refractivity contribution is 5.89. The van der Waals surface area contributed by atoms with Crippen LogP contribution in [-0.2, 0) is 9.59 Å². The minimum Gasteiger partial charge on any atom is -0.394 e. The number of aliphatic hydroxyl groups excluding tert-OH is 2. The predicted octanol–water partition coefficient (Wildman–Crippen LogP) is -0.993. The molecule has 0 rings (SSSR count). The number of carbonyl (C=O) groups excluding carboxylic acids is 2. The second-order valence-corrected chi connectivity index (χ2v) is 5.02. The van der Waals surface area contributed by atoms with Crippen LogP contribution in [0.4, 0.5) is 0 Å². The van der Waals surface area contributed by atoms with Gasteiger partial charge in [-0.05, 0) is 6.92 Å². The van der Waals surface area contributed by atoms with Crippen molar-refractivity contribution >= 4 is 11.8 Å². The zero-order valence-corrected chi connectivity index (χ0v) is 10.8. The fourth-order valence-corrected chi connectivity index (χ4v) is 0.954. The quantitative estimate of drug-likeness (QED) is 0.500. The van der Waals surface area contributed by atoms with Gasteiger partial charge in [0.2, 0.25) is 11.8 Å². The lowest BCUT2D eigenvalue weighted by Gasteiger charge is -2.22. The smallest absolute Gasteiger partial charge is 0.242 e. The molecule has 6 nitrogen and oxygen atoms in total. The van der Waals surface area contributed by atoms with E-state index in [2.05, 4.69) is 10.6 Å².